The fraction of sp³-hybridized carbons (Fsp3) is 0.231. The molecule has 0 N–H and O–H groups in total. The van der Waals surface area contributed by atoms with Crippen molar-refractivity contribution in [2.45, 2.75) is 27.7 Å². The van der Waals surface area contributed by atoms with E-state index in [1.54, 1.807) is 0 Å². The molecule has 0 spiro atoms. The number of rotatable bonds is 4. The highest BCUT2D eigenvalue weighted by molar-refractivity contribution is 5.81. The molecule has 0 fully saturated rings. The van der Waals surface area contributed by atoms with E-state index in [1.807, 2.05) is 26.8 Å². The number of fused-ring (bicyclic) bond motifs is 1. The number of hydrogen-bond acceptors (Lipinski definition) is 1. The van der Waals surface area contributed by atoms with Crippen LogP contribution in [0, 0.1) is 5.92 Å². The zero-order valence-electron chi connectivity index (χ0n) is 17.2. The smallest absolute Gasteiger partial charge is 0.0487 e. The second kappa shape index (κ2) is 9.78. The molecule has 2 aromatic rings. The maximum Gasteiger partial charge on any atom is 0.0487 e. The Morgan fingerprint density at radius 3 is 2.37 bits per heavy atom. The second-order valence-electron chi connectivity index (χ2n) is 6.43. The lowest BCUT2D eigenvalue weighted by atomic mass is 10.0. The van der Waals surface area contributed by atoms with Crippen LogP contribution in [0.15, 0.2) is 61.2 Å². The Morgan fingerprint density at radius 1 is 1.00 bits per heavy atom. The van der Waals surface area contributed by atoms with Crippen molar-refractivity contribution in [3.8, 4) is 0 Å². The molecule has 1 aliphatic rings. The van der Waals surface area contributed by atoms with Crippen LogP contribution in [0.25, 0.3) is 24.3 Å². The lowest BCUT2D eigenvalue weighted by Crippen LogP contribution is -2.11. The molecule has 0 aliphatic heterocycles. The largest absolute Gasteiger partial charge is 0.344 e. The highest BCUT2D eigenvalue weighted by Crippen LogP contribution is 2.33. The highest BCUT2D eigenvalue weighted by atomic mass is 15.1. The van der Waals surface area contributed by atoms with E-state index in [1.165, 1.54) is 22.4 Å². The summed E-state index contributed by atoms with van der Waals surface area (Å²) in [5, 5.41) is 0. The van der Waals surface area contributed by atoms with Gasteiger partial charge in [0.25, 0.3) is 0 Å². The average Bonchev–Trinajstić information content (AvgIpc) is 2.90. The summed E-state index contributed by atoms with van der Waals surface area (Å²) in [6.45, 7) is 12.3. The molecule has 140 valence electrons. The molecular weight excluding hydrogens is 326 g/mol. The van der Waals surface area contributed by atoms with Crippen LogP contribution < -0.4 is 4.90 Å². The lowest BCUT2D eigenvalue weighted by molar-refractivity contribution is 0.954. The molecule has 0 radical (unpaired) electrons. The number of benzene rings is 2. The Labute approximate surface area is 165 Å². The minimum absolute atomic E-state index is 0.471. The van der Waals surface area contributed by atoms with Gasteiger partial charge < -0.3 is 4.90 Å². The van der Waals surface area contributed by atoms with Gasteiger partial charge in [0.05, 0.1) is 0 Å². The third-order valence-corrected chi connectivity index (χ3v) is 4.64. The predicted octanol–water partition coefficient (Wildman–Crippen LogP) is 7.83. The molecule has 3 rings (SSSR count). The van der Waals surface area contributed by atoms with E-state index in [0.29, 0.717) is 5.92 Å². The third-order valence-electron chi connectivity index (χ3n) is 4.64. The summed E-state index contributed by atoms with van der Waals surface area (Å²) in [6, 6.07) is 13.0. The standard InChI is InChI=1S/C24H25N.C2H6/c1-5-8-20-9-7-10-24(23(20)6-2)25(4)22-16-15-19-13-11-18(3)12-14-21(19)17-22;1-2/h5-18H,2H2,1,3-4H3;1-2H3/b8-5-;. The Kier molecular flexibility index (Phi) is 7.43. The van der Waals surface area contributed by atoms with Gasteiger partial charge in [0.2, 0.25) is 0 Å². The summed E-state index contributed by atoms with van der Waals surface area (Å²) in [5.41, 5.74) is 7.20. The van der Waals surface area contributed by atoms with Gasteiger partial charge in [-0.3, -0.25) is 0 Å². The number of nitrogens with zero attached hydrogens (tertiary/aromatic N) is 1. The Hall–Kier alpha value is -2.80. The van der Waals surface area contributed by atoms with Crippen molar-refractivity contribution in [3.63, 3.8) is 0 Å². The molecule has 27 heavy (non-hydrogen) atoms. The van der Waals surface area contributed by atoms with Crippen molar-refractivity contribution < 1.29 is 0 Å². The summed E-state index contributed by atoms with van der Waals surface area (Å²) in [6.07, 6.45) is 15.0. The number of hydrogen-bond donors (Lipinski definition) is 0. The molecule has 1 heteroatoms. The van der Waals surface area contributed by atoms with Gasteiger partial charge in [0, 0.05) is 24.0 Å². The topological polar surface area (TPSA) is 3.24 Å². The first kappa shape index (κ1) is 20.5. The van der Waals surface area contributed by atoms with Gasteiger partial charge in [0.15, 0.2) is 0 Å². The van der Waals surface area contributed by atoms with Gasteiger partial charge in [-0.1, -0.05) is 88.1 Å². The first-order valence-corrected chi connectivity index (χ1v) is 9.76. The molecule has 0 heterocycles. The molecule has 0 bridgehead atoms. The molecule has 1 unspecified atom stereocenters. The van der Waals surface area contributed by atoms with Gasteiger partial charge >= 0.3 is 0 Å². The van der Waals surface area contributed by atoms with Gasteiger partial charge in [0.1, 0.15) is 0 Å². The van der Waals surface area contributed by atoms with Crippen LogP contribution in [0.3, 0.4) is 0 Å². The third kappa shape index (κ3) is 4.68. The van der Waals surface area contributed by atoms with Crippen LogP contribution in [-0.4, -0.2) is 7.05 Å². The van der Waals surface area contributed by atoms with Crippen LogP contribution in [0.5, 0.6) is 0 Å². The van der Waals surface area contributed by atoms with Crippen LogP contribution in [0.4, 0.5) is 11.4 Å². The van der Waals surface area contributed by atoms with Gasteiger partial charge in [-0.05, 0) is 47.7 Å². The van der Waals surface area contributed by atoms with Gasteiger partial charge in [-0.25, -0.2) is 0 Å². The fourth-order valence-electron chi connectivity index (χ4n) is 3.19. The molecule has 2 aromatic carbocycles. The molecular formula is C26H31N. The van der Waals surface area contributed by atoms with Crippen LogP contribution >= 0.6 is 0 Å². The van der Waals surface area contributed by atoms with Gasteiger partial charge in [-0.2, -0.15) is 0 Å². The average molecular weight is 358 g/mol. The minimum atomic E-state index is 0.471. The first-order chi connectivity index (χ1) is 13.1. The summed E-state index contributed by atoms with van der Waals surface area (Å²) in [4.78, 5) is 2.23. The van der Waals surface area contributed by atoms with Crippen molar-refractivity contribution in [2.24, 2.45) is 5.92 Å². The van der Waals surface area contributed by atoms with Crippen molar-refractivity contribution in [1.29, 1.82) is 0 Å². The van der Waals surface area contributed by atoms with E-state index in [2.05, 4.69) is 98.3 Å². The van der Waals surface area contributed by atoms with Crippen molar-refractivity contribution in [2.75, 3.05) is 11.9 Å². The van der Waals surface area contributed by atoms with Crippen molar-refractivity contribution >= 4 is 35.7 Å². The van der Waals surface area contributed by atoms with Crippen molar-refractivity contribution in [1.82, 2.24) is 0 Å². The molecule has 0 saturated heterocycles. The fourth-order valence-corrected chi connectivity index (χ4v) is 3.19. The summed E-state index contributed by atoms with van der Waals surface area (Å²) in [5.74, 6) is 0.471. The van der Waals surface area contributed by atoms with E-state index < -0.39 is 0 Å². The zero-order valence-corrected chi connectivity index (χ0v) is 17.2. The minimum Gasteiger partial charge on any atom is -0.344 e. The molecule has 1 aliphatic carbocycles. The molecule has 1 nitrogen and oxygen atoms in total. The van der Waals surface area contributed by atoms with E-state index in [-0.39, 0.29) is 0 Å². The van der Waals surface area contributed by atoms with Crippen LogP contribution in [0.2, 0.25) is 0 Å². The molecule has 0 aromatic heterocycles. The summed E-state index contributed by atoms with van der Waals surface area (Å²) < 4.78 is 0. The first-order valence-electron chi connectivity index (χ1n) is 9.76. The monoisotopic (exact) mass is 357 g/mol. The van der Waals surface area contributed by atoms with E-state index in [9.17, 15) is 0 Å². The number of allylic oxidation sites excluding steroid dienone is 3. The maximum atomic E-state index is 4.02. The van der Waals surface area contributed by atoms with Crippen molar-refractivity contribution in [3.05, 3.63) is 83.5 Å². The molecule has 1 atom stereocenters. The van der Waals surface area contributed by atoms with Crippen LogP contribution in [0.1, 0.15) is 49.9 Å². The molecule has 0 saturated carbocycles. The maximum absolute atomic E-state index is 4.02. The summed E-state index contributed by atoms with van der Waals surface area (Å²) >= 11 is 0. The van der Waals surface area contributed by atoms with E-state index >= 15 is 0 Å². The highest BCUT2D eigenvalue weighted by Gasteiger charge is 2.12. The predicted molar refractivity (Wildman–Crippen MR) is 124 cm³/mol. The second-order valence-corrected chi connectivity index (χ2v) is 6.43. The molecule has 0 amide bonds. The summed E-state index contributed by atoms with van der Waals surface area (Å²) in [7, 11) is 2.11. The quantitative estimate of drug-likeness (QED) is 0.539. The Balaban J connectivity index is 0.00000126. The lowest BCUT2D eigenvalue weighted by Gasteiger charge is -2.23. The van der Waals surface area contributed by atoms with E-state index in [4.69, 9.17) is 0 Å². The van der Waals surface area contributed by atoms with Crippen LogP contribution in [-0.2, 0) is 0 Å². The van der Waals surface area contributed by atoms with E-state index in [0.717, 1.165) is 11.3 Å². The Bertz CT molecular complexity index is 868. The number of anilines is 2. The van der Waals surface area contributed by atoms with Gasteiger partial charge in [-0.15, -0.1) is 0 Å². The Morgan fingerprint density at radius 2 is 1.70 bits per heavy atom. The zero-order chi connectivity index (χ0) is 19.8. The SMILES string of the molecule is C=Cc1c(/C=C\C)cccc1N(C)c1ccc2c(c1)C=CC(C)C=C2.CC. The normalized spacial score (nSPS) is 14.9.